The minimum absolute atomic E-state index is 0.0150. The molecule has 0 atom stereocenters. The Balaban J connectivity index is 1.80. The molecular weight excluding hydrogens is 335 g/mol. The van der Waals surface area contributed by atoms with E-state index in [9.17, 15) is 23.0 Å². The Morgan fingerprint density at radius 2 is 1.83 bits per heavy atom. The van der Waals surface area contributed by atoms with E-state index in [1.165, 1.54) is 18.2 Å². The molecule has 0 saturated heterocycles. The molecule has 1 aliphatic rings. The van der Waals surface area contributed by atoms with E-state index < -0.39 is 16.1 Å². The van der Waals surface area contributed by atoms with Crippen LogP contribution in [0, 0.1) is 5.82 Å². The van der Waals surface area contributed by atoms with Gasteiger partial charge < -0.3 is 10.2 Å². The Labute approximate surface area is 138 Å². The van der Waals surface area contributed by atoms with Crippen LogP contribution < -0.4 is 9.03 Å². The number of anilines is 1. The number of nitrogens with zero attached hydrogens (tertiary/aromatic N) is 1. The number of hydrogen-bond acceptors (Lipinski definition) is 4. The lowest BCUT2D eigenvalue weighted by Gasteiger charge is -2.16. The molecule has 1 aliphatic heterocycles. The fraction of sp³-hybridized carbons (Fsp3) is 0.125. The fourth-order valence-electron chi connectivity index (χ4n) is 2.48. The van der Waals surface area contributed by atoms with Crippen LogP contribution >= 0.6 is 0 Å². The summed E-state index contributed by atoms with van der Waals surface area (Å²) in [5.41, 5.74) is 1.32. The molecule has 2 aromatic carbocycles. The Morgan fingerprint density at radius 3 is 2.46 bits per heavy atom. The highest BCUT2D eigenvalue weighted by atomic mass is 32.2. The number of aliphatic hydroxyl groups excluding tert-OH is 1. The van der Waals surface area contributed by atoms with Gasteiger partial charge in [-0.3, -0.25) is 0 Å². The average Bonchev–Trinajstić information content (AvgIpc) is 2.79. The first kappa shape index (κ1) is 16.1. The zero-order valence-electron chi connectivity index (χ0n) is 12.5. The first-order valence-corrected chi connectivity index (χ1v) is 8.59. The van der Waals surface area contributed by atoms with Gasteiger partial charge in [0.2, 0.25) is 5.88 Å². The van der Waals surface area contributed by atoms with Gasteiger partial charge in [0.25, 0.3) is 0 Å². The van der Waals surface area contributed by atoms with Crippen molar-refractivity contribution in [3.05, 3.63) is 71.5 Å². The van der Waals surface area contributed by atoms with Gasteiger partial charge in [-0.1, -0.05) is 24.3 Å². The molecular formula is C16H15FN2O4S. The molecule has 0 fully saturated rings. The molecule has 126 valence electrons. The Hall–Kier alpha value is -2.74. The van der Waals surface area contributed by atoms with E-state index in [4.69, 9.17) is 0 Å². The van der Waals surface area contributed by atoms with Gasteiger partial charge in [-0.25, -0.2) is 13.4 Å². The van der Waals surface area contributed by atoms with Crippen LogP contribution in [0.1, 0.15) is 11.1 Å². The van der Waals surface area contributed by atoms with E-state index in [0.29, 0.717) is 18.4 Å². The predicted octanol–water partition coefficient (Wildman–Crippen LogP) is 2.33. The maximum absolute atomic E-state index is 13.6. The first-order valence-electron chi connectivity index (χ1n) is 7.15. The third-order valence-corrected chi connectivity index (χ3v) is 4.94. The molecule has 6 nitrogen and oxygen atoms in total. The van der Waals surface area contributed by atoms with Crippen molar-refractivity contribution in [3.8, 4) is 5.75 Å². The Kier molecular flexibility index (Phi) is 4.06. The first-order chi connectivity index (χ1) is 11.4. The average molecular weight is 350 g/mol. The second-order valence-corrected chi connectivity index (χ2v) is 6.88. The monoisotopic (exact) mass is 350 g/mol. The van der Waals surface area contributed by atoms with Crippen LogP contribution in [0.25, 0.3) is 0 Å². The molecule has 0 aromatic heterocycles. The molecule has 24 heavy (non-hydrogen) atoms. The standard InChI is InChI=1S/C16H15FN2O4S/c17-13-4-2-1-3-12(13)7-5-11-6-8-14(15(20)9-11)19-10-16(21)18-24(19,22)23/h1-4,6,8-10,18,20-21H,5,7H2. The number of rotatable bonds is 4. The topological polar surface area (TPSA) is 89.9 Å². The summed E-state index contributed by atoms with van der Waals surface area (Å²) < 4.78 is 39.9. The van der Waals surface area contributed by atoms with Gasteiger partial charge in [0.05, 0.1) is 6.20 Å². The lowest BCUT2D eigenvalue weighted by molar-refractivity contribution is 0.392. The zero-order valence-corrected chi connectivity index (χ0v) is 13.3. The van der Waals surface area contributed by atoms with Crippen molar-refractivity contribution in [2.45, 2.75) is 12.8 Å². The molecule has 2 aromatic rings. The third kappa shape index (κ3) is 3.13. The van der Waals surface area contributed by atoms with E-state index in [2.05, 4.69) is 0 Å². The highest BCUT2D eigenvalue weighted by Crippen LogP contribution is 2.32. The molecule has 0 radical (unpaired) electrons. The molecule has 8 heteroatoms. The van der Waals surface area contributed by atoms with Crippen molar-refractivity contribution in [1.29, 1.82) is 0 Å². The summed E-state index contributed by atoms with van der Waals surface area (Å²) in [6.07, 6.45) is 1.90. The number of benzene rings is 2. The van der Waals surface area contributed by atoms with Crippen molar-refractivity contribution in [1.82, 2.24) is 4.72 Å². The van der Waals surface area contributed by atoms with Crippen molar-refractivity contribution in [2.75, 3.05) is 4.31 Å². The second kappa shape index (κ2) is 6.04. The van der Waals surface area contributed by atoms with Crippen LogP contribution in [0.3, 0.4) is 0 Å². The van der Waals surface area contributed by atoms with Crippen LogP contribution in [-0.2, 0) is 23.1 Å². The number of aromatic hydroxyl groups is 1. The summed E-state index contributed by atoms with van der Waals surface area (Å²) in [7, 11) is -3.95. The largest absolute Gasteiger partial charge is 0.506 e. The minimum atomic E-state index is -3.95. The molecule has 0 bridgehead atoms. The van der Waals surface area contributed by atoms with Gasteiger partial charge >= 0.3 is 10.2 Å². The van der Waals surface area contributed by atoms with Crippen LogP contribution in [-0.4, -0.2) is 18.6 Å². The quantitative estimate of drug-likeness (QED) is 0.789. The number of nitrogens with one attached hydrogen (secondary N) is 1. The van der Waals surface area contributed by atoms with Crippen molar-refractivity contribution in [3.63, 3.8) is 0 Å². The Bertz CT molecular complexity index is 912. The number of phenolic OH excluding ortho intramolecular Hbond substituents is 1. The molecule has 1 heterocycles. The summed E-state index contributed by atoms with van der Waals surface area (Å²) in [6, 6.07) is 11.0. The maximum atomic E-state index is 13.6. The van der Waals surface area contributed by atoms with E-state index in [1.54, 1.807) is 24.3 Å². The van der Waals surface area contributed by atoms with E-state index in [0.717, 1.165) is 16.1 Å². The van der Waals surface area contributed by atoms with E-state index in [-0.39, 0.29) is 17.3 Å². The lowest BCUT2D eigenvalue weighted by Crippen LogP contribution is -2.29. The van der Waals surface area contributed by atoms with Gasteiger partial charge in [0.15, 0.2) is 0 Å². The summed E-state index contributed by atoms with van der Waals surface area (Å²) in [4.78, 5) is 0. The summed E-state index contributed by atoms with van der Waals surface area (Å²) in [5.74, 6) is -1.07. The van der Waals surface area contributed by atoms with Crippen molar-refractivity contribution < 1.29 is 23.0 Å². The molecule has 0 aliphatic carbocycles. The molecule has 3 rings (SSSR count). The SMILES string of the molecule is O=S1(=O)NC(O)=CN1c1ccc(CCc2ccccc2F)cc1O. The van der Waals surface area contributed by atoms with Gasteiger partial charge in [-0.15, -0.1) is 0 Å². The highest BCUT2D eigenvalue weighted by Gasteiger charge is 2.30. The number of phenols is 1. The molecule has 0 spiro atoms. The molecule has 0 saturated carbocycles. The Morgan fingerprint density at radius 1 is 1.08 bits per heavy atom. The van der Waals surface area contributed by atoms with Gasteiger partial charge in [0.1, 0.15) is 17.3 Å². The zero-order chi connectivity index (χ0) is 17.3. The summed E-state index contributed by atoms with van der Waals surface area (Å²) >= 11 is 0. The second-order valence-electron chi connectivity index (χ2n) is 5.33. The number of halogens is 1. The summed E-state index contributed by atoms with van der Waals surface area (Å²) in [5, 5.41) is 19.4. The number of hydrogen-bond donors (Lipinski definition) is 3. The van der Waals surface area contributed by atoms with Crippen molar-refractivity contribution >= 4 is 15.9 Å². The van der Waals surface area contributed by atoms with Crippen LogP contribution in [0.15, 0.2) is 54.5 Å². The van der Waals surface area contributed by atoms with E-state index >= 15 is 0 Å². The highest BCUT2D eigenvalue weighted by molar-refractivity contribution is 7.91. The smallest absolute Gasteiger partial charge is 0.330 e. The van der Waals surface area contributed by atoms with Gasteiger partial charge in [0, 0.05) is 0 Å². The van der Waals surface area contributed by atoms with Crippen LogP contribution in [0.5, 0.6) is 5.75 Å². The van der Waals surface area contributed by atoms with E-state index in [1.807, 2.05) is 4.72 Å². The normalized spacial score (nSPS) is 15.9. The maximum Gasteiger partial charge on any atom is 0.330 e. The molecule has 3 N–H and O–H groups in total. The lowest BCUT2D eigenvalue weighted by atomic mass is 10.0. The molecule has 0 amide bonds. The van der Waals surface area contributed by atoms with Crippen molar-refractivity contribution in [2.24, 2.45) is 0 Å². The number of aryl methyl sites for hydroxylation is 2. The minimum Gasteiger partial charge on any atom is -0.506 e. The van der Waals surface area contributed by atoms with Crippen LogP contribution in [0.2, 0.25) is 0 Å². The van der Waals surface area contributed by atoms with Gasteiger partial charge in [-0.2, -0.15) is 8.42 Å². The third-order valence-electron chi connectivity index (χ3n) is 3.65. The summed E-state index contributed by atoms with van der Waals surface area (Å²) in [6.45, 7) is 0. The fourth-order valence-corrected chi connectivity index (χ4v) is 3.55. The predicted molar refractivity (Wildman–Crippen MR) is 87.2 cm³/mol. The van der Waals surface area contributed by atoms with Gasteiger partial charge in [-0.05, 0) is 42.2 Å². The van der Waals surface area contributed by atoms with Crippen LogP contribution in [0.4, 0.5) is 10.1 Å². The number of aliphatic hydroxyl groups is 1. The molecule has 0 unspecified atom stereocenters.